The Morgan fingerprint density at radius 3 is 2.37 bits per heavy atom. The molecule has 1 aliphatic heterocycles. The molecule has 0 radical (unpaired) electrons. The zero-order valence-corrected chi connectivity index (χ0v) is 12.4. The highest BCUT2D eigenvalue weighted by atomic mass is 16.2. The van der Waals surface area contributed by atoms with Crippen LogP contribution in [-0.2, 0) is 0 Å². The Kier molecular flexibility index (Phi) is 3.95. The average molecular weight is 260 g/mol. The Morgan fingerprint density at radius 2 is 1.89 bits per heavy atom. The Labute approximate surface area is 115 Å². The SMILES string of the molecule is Cc1cc(C)c(C(=O)N2CC(CN)CC2C)c(C)c1. The maximum atomic E-state index is 12.8. The fourth-order valence-electron chi connectivity index (χ4n) is 3.26. The highest BCUT2D eigenvalue weighted by molar-refractivity contribution is 5.97. The van der Waals surface area contributed by atoms with Crippen molar-refractivity contribution in [2.24, 2.45) is 11.7 Å². The number of hydrogen-bond acceptors (Lipinski definition) is 2. The van der Waals surface area contributed by atoms with E-state index in [4.69, 9.17) is 5.73 Å². The summed E-state index contributed by atoms with van der Waals surface area (Å²) in [5.41, 5.74) is 9.97. The number of aryl methyl sites for hydroxylation is 3. The molecule has 104 valence electrons. The Morgan fingerprint density at radius 1 is 1.32 bits per heavy atom. The number of hydrogen-bond donors (Lipinski definition) is 1. The fraction of sp³-hybridized carbons (Fsp3) is 0.562. The lowest BCUT2D eigenvalue weighted by atomic mass is 9.98. The van der Waals surface area contributed by atoms with E-state index < -0.39 is 0 Å². The van der Waals surface area contributed by atoms with E-state index in [1.807, 2.05) is 18.7 Å². The lowest BCUT2D eigenvalue weighted by Gasteiger charge is -2.23. The van der Waals surface area contributed by atoms with E-state index in [9.17, 15) is 4.79 Å². The van der Waals surface area contributed by atoms with Crippen molar-refractivity contribution in [3.63, 3.8) is 0 Å². The van der Waals surface area contributed by atoms with Crippen molar-refractivity contribution in [2.75, 3.05) is 13.1 Å². The van der Waals surface area contributed by atoms with Crippen LogP contribution in [-0.4, -0.2) is 29.9 Å². The van der Waals surface area contributed by atoms with Crippen LogP contribution in [0.4, 0.5) is 0 Å². The van der Waals surface area contributed by atoms with Crippen molar-refractivity contribution < 1.29 is 4.79 Å². The molecule has 0 bridgehead atoms. The van der Waals surface area contributed by atoms with Crippen LogP contribution in [0.15, 0.2) is 12.1 Å². The van der Waals surface area contributed by atoms with E-state index in [1.54, 1.807) is 0 Å². The van der Waals surface area contributed by atoms with Gasteiger partial charge in [0.15, 0.2) is 0 Å². The van der Waals surface area contributed by atoms with Gasteiger partial charge in [0.05, 0.1) is 0 Å². The minimum absolute atomic E-state index is 0.165. The highest BCUT2D eigenvalue weighted by Crippen LogP contribution is 2.26. The molecule has 0 aromatic heterocycles. The molecule has 3 nitrogen and oxygen atoms in total. The first-order valence-electron chi connectivity index (χ1n) is 7.03. The van der Waals surface area contributed by atoms with E-state index in [2.05, 4.69) is 26.0 Å². The van der Waals surface area contributed by atoms with E-state index in [-0.39, 0.29) is 5.91 Å². The van der Waals surface area contributed by atoms with E-state index in [0.29, 0.717) is 18.5 Å². The standard InChI is InChI=1S/C16H24N2O/c1-10-5-11(2)15(12(3)6-10)16(19)18-9-14(8-17)7-13(18)4/h5-6,13-14H,7-9,17H2,1-4H3. The zero-order chi connectivity index (χ0) is 14.2. The summed E-state index contributed by atoms with van der Waals surface area (Å²) in [5.74, 6) is 0.614. The number of nitrogens with two attached hydrogens (primary N) is 1. The number of carbonyl (C=O) groups excluding carboxylic acids is 1. The Balaban J connectivity index is 2.30. The molecule has 0 spiro atoms. The van der Waals surface area contributed by atoms with Crippen molar-refractivity contribution in [1.82, 2.24) is 4.90 Å². The second-order valence-corrected chi connectivity index (χ2v) is 5.92. The summed E-state index contributed by atoms with van der Waals surface area (Å²) in [6, 6.07) is 4.46. The maximum absolute atomic E-state index is 12.8. The van der Waals surface area contributed by atoms with Gasteiger partial charge in [-0.3, -0.25) is 4.79 Å². The van der Waals surface area contributed by atoms with Crippen molar-refractivity contribution >= 4 is 5.91 Å². The molecule has 1 saturated heterocycles. The molecule has 19 heavy (non-hydrogen) atoms. The van der Waals surface area contributed by atoms with E-state index in [1.165, 1.54) is 5.56 Å². The van der Waals surface area contributed by atoms with Gasteiger partial charge >= 0.3 is 0 Å². The second-order valence-electron chi connectivity index (χ2n) is 5.92. The molecule has 2 rings (SSSR count). The Hall–Kier alpha value is -1.35. The number of carbonyl (C=O) groups is 1. The molecule has 2 atom stereocenters. The summed E-state index contributed by atoms with van der Waals surface area (Å²) in [7, 11) is 0. The molecular weight excluding hydrogens is 236 g/mol. The van der Waals surface area contributed by atoms with Gasteiger partial charge in [0.2, 0.25) is 0 Å². The average Bonchev–Trinajstić information content (AvgIpc) is 2.69. The zero-order valence-electron chi connectivity index (χ0n) is 12.4. The summed E-state index contributed by atoms with van der Waals surface area (Å²) >= 11 is 0. The summed E-state index contributed by atoms with van der Waals surface area (Å²) in [6.45, 7) is 9.69. The second kappa shape index (κ2) is 5.33. The minimum atomic E-state index is 0.165. The molecule has 1 amide bonds. The van der Waals surface area contributed by atoms with Gasteiger partial charge in [0.25, 0.3) is 5.91 Å². The smallest absolute Gasteiger partial charge is 0.254 e. The van der Waals surface area contributed by atoms with Gasteiger partial charge in [0, 0.05) is 18.2 Å². The molecule has 1 heterocycles. The Bertz CT molecular complexity index is 473. The molecule has 2 unspecified atom stereocenters. The van der Waals surface area contributed by atoms with Crippen LogP contribution in [0.3, 0.4) is 0 Å². The molecule has 0 aliphatic carbocycles. The van der Waals surface area contributed by atoms with Gasteiger partial charge in [-0.15, -0.1) is 0 Å². The topological polar surface area (TPSA) is 46.3 Å². The van der Waals surface area contributed by atoms with Crippen LogP contribution in [0, 0.1) is 26.7 Å². The number of rotatable bonds is 2. The predicted octanol–water partition coefficient (Wildman–Crippen LogP) is 2.42. The van der Waals surface area contributed by atoms with E-state index in [0.717, 1.165) is 29.7 Å². The largest absolute Gasteiger partial charge is 0.336 e. The van der Waals surface area contributed by atoms with Crippen molar-refractivity contribution in [1.29, 1.82) is 0 Å². The molecule has 1 fully saturated rings. The van der Waals surface area contributed by atoms with Crippen LogP contribution in [0.1, 0.15) is 40.4 Å². The van der Waals surface area contributed by atoms with Crippen LogP contribution in [0.2, 0.25) is 0 Å². The first kappa shape index (κ1) is 14.1. The molecule has 1 aromatic rings. The fourth-order valence-corrected chi connectivity index (χ4v) is 3.26. The minimum Gasteiger partial charge on any atom is -0.336 e. The van der Waals surface area contributed by atoms with Gasteiger partial charge < -0.3 is 10.6 Å². The molecule has 2 N–H and O–H groups in total. The van der Waals surface area contributed by atoms with Gasteiger partial charge in [-0.2, -0.15) is 0 Å². The molecule has 0 saturated carbocycles. The molecular formula is C16H24N2O. The van der Waals surface area contributed by atoms with Crippen LogP contribution < -0.4 is 5.73 Å². The lowest BCUT2D eigenvalue weighted by molar-refractivity contribution is 0.0742. The maximum Gasteiger partial charge on any atom is 0.254 e. The van der Waals surface area contributed by atoms with Crippen LogP contribution >= 0.6 is 0 Å². The number of nitrogens with zero attached hydrogens (tertiary/aromatic N) is 1. The normalized spacial score (nSPS) is 22.9. The lowest BCUT2D eigenvalue weighted by Crippen LogP contribution is -2.35. The van der Waals surface area contributed by atoms with Crippen molar-refractivity contribution in [3.05, 3.63) is 34.4 Å². The monoisotopic (exact) mass is 260 g/mol. The molecule has 1 aromatic carbocycles. The quantitative estimate of drug-likeness (QED) is 0.887. The molecule has 3 heteroatoms. The van der Waals surface area contributed by atoms with Crippen LogP contribution in [0.25, 0.3) is 0 Å². The third-order valence-electron chi connectivity index (χ3n) is 4.15. The molecule has 1 aliphatic rings. The predicted molar refractivity (Wildman–Crippen MR) is 78.3 cm³/mol. The number of amides is 1. The van der Waals surface area contributed by atoms with Gasteiger partial charge in [-0.05, 0) is 57.7 Å². The number of likely N-dealkylation sites (tertiary alicyclic amines) is 1. The third kappa shape index (κ3) is 2.66. The summed E-state index contributed by atoms with van der Waals surface area (Å²) < 4.78 is 0. The highest BCUT2D eigenvalue weighted by Gasteiger charge is 2.33. The van der Waals surface area contributed by atoms with Gasteiger partial charge in [-0.1, -0.05) is 17.7 Å². The van der Waals surface area contributed by atoms with Crippen molar-refractivity contribution in [2.45, 2.75) is 40.2 Å². The first-order chi connectivity index (χ1) is 8.93. The third-order valence-corrected chi connectivity index (χ3v) is 4.15. The van der Waals surface area contributed by atoms with Crippen molar-refractivity contribution in [3.8, 4) is 0 Å². The van der Waals surface area contributed by atoms with E-state index >= 15 is 0 Å². The van der Waals surface area contributed by atoms with Gasteiger partial charge in [-0.25, -0.2) is 0 Å². The number of benzene rings is 1. The summed E-state index contributed by atoms with van der Waals surface area (Å²) in [4.78, 5) is 14.7. The summed E-state index contributed by atoms with van der Waals surface area (Å²) in [5, 5.41) is 0. The van der Waals surface area contributed by atoms with Crippen LogP contribution in [0.5, 0.6) is 0 Å². The van der Waals surface area contributed by atoms with Gasteiger partial charge in [0.1, 0.15) is 0 Å². The summed E-state index contributed by atoms with van der Waals surface area (Å²) in [6.07, 6.45) is 1.02. The first-order valence-corrected chi connectivity index (χ1v) is 7.03.